The van der Waals surface area contributed by atoms with Crippen LogP contribution >= 0.6 is 0 Å². The zero-order chi connectivity index (χ0) is 11.1. The Labute approximate surface area is 89.6 Å². The van der Waals surface area contributed by atoms with Gasteiger partial charge in [-0.3, -0.25) is 9.48 Å². The van der Waals surface area contributed by atoms with Gasteiger partial charge in [0.05, 0.1) is 0 Å². The van der Waals surface area contributed by atoms with Gasteiger partial charge in [-0.15, -0.1) is 0 Å². The molecular weight excluding hydrogens is 192 g/mol. The molecular formula is C10H18N4O. The van der Waals surface area contributed by atoms with Crippen LogP contribution in [0.3, 0.4) is 0 Å². The molecule has 1 heterocycles. The van der Waals surface area contributed by atoms with E-state index in [1.54, 1.807) is 10.9 Å². The SMILES string of the molecule is CCC(CN)NC(=O)CCn1cccn1. The van der Waals surface area contributed by atoms with Crippen LogP contribution < -0.4 is 11.1 Å². The summed E-state index contributed by atoms with van der Waals surface area (Å²) >= 11 is 0. The third kappa shape index (κ3) is 4.12. The van der Waals surface area contributed by atoms with E-state index in [1.165, 1.54) is 0 Å². The van der Waals surface area contributed by atoms with E-state index in [0.717, 1.165) is 6.42 Å². The zero-order valence-electron chi connectivity index (χ0n) is 9.02. The molecule has 0 aliphatic rings. The predicted octanol–water partition coefficient (Wildman–Crippen LogP) is 0.127. The van der Waals surface area contributed by atoms with E-state index in [4.69, 9.17) is 5.73 Å². The Balaban J connectivity index is 2.24. The zero-order valence-corrected chi connectivity index (χ0v) is 9.02. The van der Waals surface area contributed by atoms with Crippen molar-refractivity contribution in [1.29, 1.82) is 0 Å². The fraction of sp³-hybridized carbons (Fsp3) is 0.600. The maximum atomic E-state index is 11.5. The summed E-state index contributed by atoms with van der Waals surface area (Å²) < 4.78 is 1.74. The van der Waals surface area contributed by atoms with Gasteiger partial charge >= 0.3 is 0 Å². The Morgan fingerprint density at radius 3 is 3.00 bits per heavy atom. The minimum atomic E-state index is 0.0304. The van der Waals surface area contributed by atoms with E-state index in [2.05, 4.69) is 10.4 Å². The highest BCUT2D eigenvalue weighted by Gasteiger charge is 2.07. The summed E-state index contributed by atoms with van der Waals surface area (Å²) in [6.07, 6.45) is 4.85. The van der Waals surface area contributed by atoms with Crippen LogP contribution in [0.15, 0.2) is 18.5 Å². The van der Waals surface area contributed by atoms with Crippen molar-refractivity contribution in [2.75, 3.05) is 6.54 Å². The van der Waals surface area contributed by atoms with E-state index >= 15 is 0 Å². The molecule has 0 spiro atoms. The quantitative estimate of drug-likeness (QED) is 0.700. The first-order chi connectivity index (χ1) is 7.26. The first-order valence-corrected chi connectivity index (χ1v) is 5.23. The standard InChI is InChI=1S/C10H18N4O/c1-2-9(8-11)13-10(15)4-7-14-6-3-5-12-14/h3,5-6,9H,2,4,7-8,11H2,1H3,(H,13,15). The number of carbonyl (C=O) groups excluding carboxylic acids is 1. The minimum Gasteiger partial charge on any atom is -0.352 e. The van der Waals surface area contributed by atoms with Gasteiger partial charge in [0.2, 0.25) is 5.91 Å². The predicted molar refractivity (Wildman–Crippen MR) is 58.1 cm³/mol. The number of nitrogens with one attached hydrogen (secondary N) is 1. The summed E-state index contributed by atoms with van der Waals surface area (Å²) in [5.41, 5.74) is 5.49. The van der Waals surface area contributed by atoms with Crippen LogP contribution in [0.4, 0.5) is 0 Å². The van der Waals surface area contributed by atoms with Crippen molar-refractivity contribution >= 4 is 5.91 Å². The molecule has 0 fully saturated rings. The highest BCUT2D eigenvalue weighted by molar-refractivity contribution is 5.76. The molecule has 15 heavy (non-hydrogen) atoms. The molecule has 0 radical (unpaired) electrons. The number of nitrogens with two attached hydrogens (primary N) is 1. The number of carbonyl (C=O) groups is 1. The summed E-state index contributed by atoms with van der Waals surface area (Å²) in [5, 5.41) is 6.89. The summed E-state index contributed by atoms with van der Waals surface area (Å²) in [5.74, 6) is 0.0304. The minimum absolute atomic E-state index is 0.0304. The molecule has 1 aromatic rings. The van der Waals surface area contributed by atoms with Gasteiger partial charge in [-0.1, -0.05) is 6.92 Å². The third-order valence-electron chi connectivity index (χ3n) is 2.27. The molecule has 1 aromatic heterocycles. The van der Waals surface area contributed by atoms with Crippen LogP contribution in [0.5, 0.6) is 0 Å². The Morgan fingerprint density at radius 1 is 1.67 bits per heavy atom. The normalized spacial score (nSPS) is 12.4. The van der Waals surface area contributed by atoms with E-state index in [-0.39, 0.29) is 11.9 Å². The smallest absolute Gasteiger partial charge is 0.222 e. The van der Waals surface area contributed by atoms with E-state index in [0.29, 0.717) is 19.5 Å². The van der Waals surface area contributed by atoms with Gasteiger partial charge in [0.25, 0.3) is 0 Å². The largest absolute Gasteiger partial charge is 0.352 e. The summed E-state index contributed by atoms with van der Waals surface area (Å²) in [4.78, 5) is 11.5. The maximum absolute atomic E-state index is 11.5. The molecule has 0 bridgehead atoms. The molecule has 1 atom stereocenters. The monoisotopic (exact) mass is 210 g/mol. The lowest BCUT2D eigenvalue weighted by molar-refractivity contribution is -0.122. The van der Waals surface area contributed by atoms with Crippen LogP contribution in [0.2, 0.25) is 0 Å². The first-order valence-electron chi connectivity index (χ1n) is 5.23. The second kappa shape index (κ2) is 6.19. The topological polar surface area (TPSA) is 72.9 Å². The fourth-order valence-corrected chi connectivity index (χ4v) is 1.28. The highest BCUT2D eigenvalue weighted by atomic mass is 16.1. The number of aromatic nitrogens is 2. The van der Waals surface area contributed by atoms with Crippen molar-refractivity contribution in [3.8, 4) is 0 Å². The van der Waals surface area contributed by atoms with Crippen molar-refractivity contribution in [3.63, 3.8) is 0 Å². The lowest BCUT2D eigenvalue weighted by Crippen LogP contribution is -2.39. The molecule has 3 N–H and O–H groups in total. The van der Waals surface area contributed by atoms with Crippen LogP contribution in [0.25, 0.3) is 0 Å². The van der Waals surface area contributed by atoms with E-state index < -0.39 is 0 Å². The molecule has 5 heteroatoms. The first kappa shape index (κ1) is 11.7. The second-order valence-corrected chi connectivity index (χ2v) is 3.43. The molecule has 1 unspecified atom stereocenters. The Kier molecular flexibility index (Phi) is 4.83. The lowest BCUT2D eigenvalue weighted by Gasteiger charge is -2.14. The summed E-state index contributed by atoms with van der Waals surface area (Å²) in [6, 6.07) is 1.93. The number of hydrogen-bond donors (Lipinski definition) is 2. The molecule has 0 aromatic carbocycles. The highest BCUT2D eigenvalue weighted by Crippen LogP contribution is 1.92. The fourth-order valence-electron chi connectivity index (χ4n) is 1.28. The van der Waals surface area contributed by atoms with Crippen LogP contribution in [0, 0.1) is 0 Å². The maximum Gasteiger partial charge on any atom is 0.222 e. The number of amides is 1. The van der Waals surface area contributed by atoms with Crippen molar-refractivity contribution in [2.24, 2.45) is 5.73 Å². The number of hydrogen-bond acceptors (Lipinski definition) is 3. The molecule has 1 amide bonds. The molecule has 0 aliphatic carbocycles. The van der Waals surface area contributed by atoms with Gasteiger partial charge in [-0.2, -0.15) is 5.10 Å². The van der Waals surface area contributed by atoms with Crippen LogP contribution in [-0.4, -0.2) is 28.3 Å². The summed E-state index contributed by atoms with van der Waals surface area (Å²) in [7, 11) is 0. The van der Waals surface area contributed by atoms with Gasteiger partial charge in [0.15, 0.2) is 0 Å². The Morgan fingerprint density at radius 2 is 2.47 bits per heavy atom. The van der Waals surface area contributed by atoms with Crippen molar-refractivity contribution in [1.82, 2.24) is 15.1 Å². The molecule has 1 rings (SSSR count). The average Bonchev–Trinajstić information content (AvgIpc) is 2.75. The third-order valence-corrected chi connectivity index (χ3v) is 2.27. The van der Waals surface area contributed by atoms with Gasteiger partial charge in [-0.05, 0) is 12.5 Å². The van der Waals surface area contributed by atoms with Gasteiger partial charge in [-0.25, -0.2) is 0 Å². The molecule has 0 saturated heterocycles. The van der Waals surface area contributed by atoms with Gasteiger partial charge in [0.1, 0.15) is 0 Å². The van der Waals surface area contributed by atoms with E-state index in [9.17, 15) is 4.79 Å². The molecule has 5 nitrogen and oxygen atoms in total. The second-order valence-electron chi connectivity index (χ2n) is 3.43. The lowest BCUT2D eigenvalue weighted by atomic mass is 10.2. The number of rotatable bonds is 6. The number of nitrogens with zero attached hydrogens (tertiary/aromatic N) is 2. The van der Waals surface area contributed by atoms with Crippen molar-refractivity contribution < 1.29 is 4.79 Å². The van der Waals surface area contributed by atoms with Crippen LogP contribution in [-0.2, 0) is 11.3 Å². The molecule has 0 aliphatic heterocycles. The Hall–Kier alpha value is -1.36. The van der Waals surface area contributed by atoms with Crippen molar-refractivity contribution in [2.45, 2.75) is 32.4 Å². The molecule has 84 valence electrons. The Bertz CT molecular complexity index is 280. The van der Waals surface area contributed by atoms with Gasteiger partial charge in [0, 0.05) is 37.9 Å². The van der Waals surface area contributed by atoms with Crippen molar-refractivity contribution in [3.05, 3.63) is 18.5 Å². The average molecular weight is 210 g/mol. The molecule has 0 saturated carbocycles. The summed E-state index contributed by atoms with van der Waals surface area (Å²) in [6.45, 7) is 3.11. The van der Waals surface area contributed by atoms with Crippen LogP contribution in [0.1, 0.15) is 19.8 Å². The van der Waals surface area contributed by atoms with E-state index in [1.807, 2.05) is 19.2 Å². The number of aryl methyl sites for hydroxylation is 1. The van der Waals surface area contributed by atoms with Gasteiger partial charge < -0.3 is 11.1 Å².